The van der Waals surface area contributed by atoms with Gasteiger partial charge in [-0.05, 0) is 19.1 Å². The number of methoxy groups -OCH3 is 1. The lowest BCUT2D eigenvalue weighted by Crippen LogP contribution is -2.42. The average Bonchev–Trinajstić information content (AvgIpc) is 3.03. The molecule has 0 bridgehead atoms. The molecule has 1 aromatic heterocycles. The van der Waals surface area contributed by atoms with E-state index in [9.17, 15) is 22.8 Å². The van der Waals surface area contributed by atoms with Crippen LogP contribution in [0.25, 0.3) is 0 Å². The van der Waals surface area contributed by atoms with Crippen LogP contribution in [0.3, 0.4) is 0 Å². The van der Waals surface area contributed by atoms with Crippen LogP contribution in [0.1, 0.15) is 39.5 Å². The first-order chi connectivity index (χ1) is 12.1. The topological polar surface area (TPSA) is 90.4 Å². The lowest BCUT2D eigenvalue weighted by atomic mass is 10.1. The third-order valence-corrected chi connectivity index (χ3v) is 4.12. The first kappa shape index (κ1) is 17.8. The van der Waals surface area contributed by atoms with Gasteiger partial charge in [0.1, 0.15) is 11.4 Å². The Kier molecular flexibility index (Phi) is 4.13. The second-order valence-corrected chi connectivity index (χ2v) is 5.87. The number of nitrogens with zero attached hydrogens (tertiary/aromatic N) is 3. The van der Waals surface area contributed by atoms with E-state index < -0.39 is 23.6 Å². The van der Waals surface area contributed by atoms with Gasteiger partial charge in [0.2, 0.25) is 0 Å². The Balaban J connectivity index is 2.02. The molecule has 0 fully saturated rings. The van der Waals surface area contributed by atoms with Crippen LogP contribution >= 0.6 is 0 Å². The highest BCUT2D eigenvalue weighted by molar-refractivity contribution is 6.07. The molecule has 0 saturated heterocycles. The molecule has 2 N–H and O–H groups in total. The fourth-order valence-corrected chi connectivity index (χ4v) is 2.88. The van der Waals surface area contributed by atoms with Gasteiger partial charge in [0.05, 0.1) is 18.7 Å². The highest BCUT2D eigenvalue weighted by Crippen LogP contribution is 2.39. The van der Waals surface area contributed by atoms with E-state index >= 15 is 0 Å². The van der Waals surface area contributed by atoms with E-state index in [0.29, 0.717) is 0 Å². The molecule has 7 nitrogen and oxygen atoms in total. The minimum atomic E-state index is -4.57. The van der Waals surface area contributed by atoms with Gasteiger partial charge in [0.25, 0.3) is 11.8 Å². The van der Waals surface area contributed by atoms with Crippen molar-refractivity contribution in [1.82, 2.24) is 9.78 Å². The Hall–Kier alpha value is -3.04. The van der Waals surface area contributed by atoms with E-state index in [0.717, 1.165) is 19.2 Å². The standard InChI is InChI=1S/C16H15F3N4O3/c1-8-7-22(15(25)12-6-11(14(20)24)21-23(8)12)9-3-4-10(16(17,18)19)13(5-9)26-2/h3-6,8H,7H2,1-2H3,(H2,20,24)/t8-/m0/s1. The molecule has 138 valence electrons. The summed E-state index contributed by atoms with van der Waals surface area (Å²) in [5, 5.41) is 4.01. The lowest BCUT2D eigenvalue weighted by Gasteiger charge is -2.32. The number of amides is 2. The molecule has 10 heteroatoms. The van der Waals surface area contributed by atoms with Gasteiger partial charge in [-0.25, -0.2) is 0 Å². The zero-order chi connectivity index (χ0) is 19.2. The number of benzene rings is 1. The number of fused-ring (bicyclic) bond motifs is 1. The molecule has 26 heavy (non-hydrogen) atoms. The zero-order valence-electron chi connectivity index (χ0n) is 13.9. The van der Waals surface area contributed by atoms with Crippen LogP contribution in [0.15, 0.2) is 24.3 Å². The summed E-state index contributed by atoms with van der Waals surface area (Å²) in [6.45, 7) is 1.93. The van der Waals surface area contributed by atoms with Gasteiger partial charge < -0.3 is 15.4 Å². The van der Waals surface area contributed by atoms with Crippen molar-refractivity contribution in [2.24, 2.45) is 5.73 Å². The van der Waals surface area contributed by atoms with Crippen molar-refractivity contribution in [3.05, 3.63) is 41.2 Å². The molecule has 2 amide bonds. The third kappa shape index (κ3) is 2.87. The molecular weight excluding hydrogens is 353 g/mol. The summed E-state index contributed by atoms with van der Waals surface area (Å²) in [6.07, 6.45) is -4.57. The highest BCUT2D eigenvalue weighted by Gasteiger charge is 2.36. The molecule has 3 rings (SSSR count). The normalized spacial score (nSPS) is 17.2. The fraction of sp³-hybridized carbons (Fsp3) is 0.312. The molecule has 1 aromatic carbocycles. The molecule has 1 atom stereocenters. The second kappa shape index (κ2) is 6.04. The lowest BCUT2D eigenvalue weighted by molar-refractivity contribution is -0.138. The number of anilines is 1. The van der Waals surface area contributed by atoms with E-state index in [2.05, 4.69) is 5.10 Å². The summed E-state index contributed by atoms with van der Waals surface area (Å²) < 4.78 is 45.2. The summed E-state index contributed by atoms with van der Waals surface area (Å²) in [6, 6.07) is 4.21. The number of aromatic nitrogens is 2. The molecule has 0 spiro atoms. The predicted octanol–water partition coefficient (Wildman–Crippen LogP) is 2.23. The number of carbonyl (C=O) groups excluding carboxylic acids is 2. The Morgan fingerprint density at radius 1 is 1.35 bits per heavy atom. The molecule has 0 aliphatic carbocycles. The first-order valence-electron chi connectivity index (χ1n) is 7.60. The van der Waals surface area contributed by atoms with Crippen LogP contribution in [0, 0.1) is 0 Å². The number of carbonyl (C=O) groups is 2. The van der Waals surface area contributed by atoms with Crippen LogP contribution in [-0.4, -0.2) is 35.2 Å². The average molecular weight is 368 g/mol. The van der Waals surface area contributed by atoms with E-state index in [1.807, 2.05) is 0 Å². The van der Waals surface area contributed by atoms with E-state index in [4.69, 9.17) is 10.5 Å². The Morgan fingerprint density at radius 2 is 2.04 bits per heavy atom. The van der Waals surface area contributed by atoms with Crippen molar-refractivity contribution in [3.63, 3.8) is 0 Å². The summed E-state index contributed by atoms with van der Waals surface area (Å²) >= 11 is 0. The van der Waals surface area contributed by atoms with E-state index in [1.165, 1.54) is 21.7 Å². The van der Waals surface area contributed by atoms with Crippen molar-refractivity contribution >= 4 is 17.5 Å². The van der Waals surface area contributed by atoms with Gasteiger partial charge in [0, 0.05) is 24.4 Å². The Labute approximate surface area is 146 Å². The van der Waals surface area contributed by atoms with E-state index in [1.54, 1.807) is 6.92 Å². The van der Waals surface area contributed by atoms with Gasteiger partial charge in [-0.15, -0.1) is 0 Å². The van der Waals surface area contributed by atoms with Crippen LogP contribution in [0.5, 0.6) is 5.75 Å². The first-order valence-corrected chi connectivity index (χ1v) is 7.60. The van der Waals surface area contributed by atoms with Gasteiger partial charge >= 0.3 is 6.18 Å². The Morgan fingerprint density at radius 3 is 2.62 bits per heavy atom. The maximum absolute atomic E-state index is 13.0. The number of rotatable bonds is 3. The van der Waals surface area contributed by atoms with Gasteiger partial charge in [-0.3, -0.25) is 14.3 Å². The zero-order valence-corrected chi connectivity index (χ0v) is 13.9. The molecule has 1 aliphatic heterocycles. The number of nitrogens with two attached hydrogens (primary N) is 1. The number of halogens is 3. The minimum Gasteiger partial charge on any atom is -0.496 e. The van der Waals surface area contributed by atoms with Crippen molar-refractivity contribution < 1.29 is 27.5 Å². The van der Waals surface area contributed by atoms with Crippen LogP contribution in [0.2, 0.25) is 0 Å². The van der Waals surface area contributed by atoms with Gasteiger partial charge in [0.15, 0.2) is 5.69 Å². The van der Waals surface area contributed by atoms with Gasteiger partial charge in [-0.1, -0.05) is 0 Å². The number of hydrogen-bond donors (Lipinski definition) is 1. The summed E-state index contributed by atoms with van der Waals surface area (Å²) in [5.74, 6) is -1.65. The second-order valence-electron chi connectivity index (χ2n) is 5.87. The highest BCUT2D eigenvalue weighted by atomic mass is 19.4. The van der Waals surface area contributed by atoms with E-state index in [-0.39, 0.29) is 35.4 Å². The summed E-state index contributed by atoms with van der Waals surface area (Å²) in [7, 11) is 1.13. The summed E-state index contributed by atoms with van der Waals surface area (Å²) in [4.78, 5) is 25.3. The fourth-order valence-electron chi connectivity index (χ4n) is 2.88. The molecule has 0 radical (unpaired) electrons. The summed E-state index contributed by atoms with van der Waals surface area (Å²) in [5.41, 5.74) is 4.60. The van der Waals surface area contributed by atoms with Crippen molar-refractivity contribution in [2.75, 3.05) is 18.6 Å². The number of alkyl halides is 3. The van der Waals surface area contributed by atoms with Gasteiger partial charge in [-0.2, -0.15) is 18.3 Å². The van der Waals surface area contributed by atoms with Crippen molar-refractivity contribution in [3.8, 4) is 5.75 Å². The third-order valence-electron chi connectivity index (χ3n) is 4.12. The molecule has 1 aliphatic rings. The SMILES string of the molecule is COc1cc(N2C[C@H](C)n3nc(C(N)=O)cc3C2=O)ccc1C(F)(F)F. The number of hydrogen-bond acceptors (Lipinski definition) is 4. The Bertz CT molecular complexity index is 891. The molecule has 0 unspecified atom stereocenters. The quantitative estimate of drug-likeness (QED) is 0.900. The van der Waals surface area contributed by atoms with Crippen LogP contribution in [-0.2, 0) is 6.18 Å². The number of ether oxygens (including phenoxy) is 1. The van der Waals surface area contributed by atoms with Crippen LogP contribution in [0.4, 0.5) is 18.9 Å². The smallest absolute Gasteiger partial charge is 0.419 e. The molecule has 0 saturated carbocycles. The molecular formula is C16H15F3N4O3. The number of primary amides is 1. The maximum Gasteiger partial charge on any atom is 0.419 e. The molecule has 2 heterocycles. The predicted molar refractivity (Wildman–Crippen MR) is 85.1 cm³/mol. The largest absolute Gasteiger partial charge is 0.496 e. The van der Waals surface area contributed by atoms with Crippen molar-refractivity contribution in [1.29, 1.82) is 0 Å². The van der Waals surface area contributed by atoms with Crippen LogP contribution < -0.4 is 15.4 Å². The maximum atomic E-state index is 13.0. The minimum absolute atomic E-state index is 0.0490. The molecule has 2 aromatic rings. The monoisotopic (exact) mass is 368 g/mol. The van der Waals surface area contributed by atoms with Crippen molar-refractivity contribution in [2.45, 2.75) is 19.1 Å².